The number of rotatable bonds is 3. The third-order valence-corrected chi connectivity index (χ3v) is 3.01. The second kappa shape index (κ2) is 4.17. The summed E-state index contributed by atoms with van der Waals surface area (Å²) in [6.07, 6.45) is 3.58. The van der Waals surface area contributed by atoms with Gasteiger partial charge in [0, 0.05) is 6.04 Å². The predicted molar refractivity (Wildman–Crippen MR) is 57.4 cm³/mol. The van der Waals surface area contributed by atoms with E-state index in [9.17, 15) is 0 Å². The van der Waals surface area contributed by atoms with E-state index in [-0.39, 0.29) is 11.9 Å². The number of hydrogen-bond acceptors (Lipinski definition) is 3. The van der Waals surface area contributed by atoms with Gasteiger partial charge in [-0.25, -0.2) is 0 Å². The van der Waals surface area contributed by atoms with Crippen LogP contribution in [0.1, 0.15) is 40.0 Å². The number of nitrogens with two attached hydrogens (primary N) is 1. The van der Waals surface area contributed by atoms with Gasteiger partial charge in [-0.3, -0.25) is 0 Å². The number of amidine groups is 1. The van der Waals surface area contributed by atoms with Gasteiger partial charge in [0.1, 0.15) is 0 Å². The molecule has 0 aromatic carbocycles. The Kier molecular flexibility index (Phi) is 3.37. The van der Waals surface area contributed by atoms with Crippen LogP contribution in [0.4, 0.5) is 0 Å². The lowest BCUT2D eigenvalue weighted by atomic mass is 9.92. The topological polar surface area (TPSA) is 70.6 Å². The molecule has 4 heteroatoms. The fourth-order valence-electron chi connectivity index (χ4n) is 2.10. The highest BCUT2D eigenvalue weighted by molar-refractivity contribution is 5.84. The van der Waals surface area contributed by atoms with Gasteiger partial charge < -0.3 is 16.3 Å². The summed E-state index contributed by atoms with van der Waals surface area (Å²) < 4.78 is 0. The van der Waals surface area contributed by atoms with Crippen LogP contribution in [0.25, 0.3) is 0 Å². The Balaban J connectivity index is 2.40. The lowest BCUT2D eigenvalue weighted by Gasteiger charge is -2.20. The monoisotopic (exact) mass is 199 g/mol. The molecule has 0 heterocycles. The zero-order valence-electron chi connectivity index (χ0n) is 9.25. The van der Waals surface area contributed by atoms with E-state index in [0.717, 1.165) is 6.42 Å². The Morgan fingerprint density at radius 2 is 2.29 bits per heavy atom. The maximum atomic E-state index is 8.50. The second-order valence-corrected chi connectivity index (χ2v) is 5.02. The Hall–Kier alpha value is -0.770. The molecule has 1 fully saturated rings. The van der Waals surface area contributed by atoms with Gasteiger partial charge in [-0.05, 0) is 31.6 Å². The molecule has 0 saturated heterocycles. The lowest BCUT2D eigenvalue weighted by Crippen LogP contribution is -2.44. The van der Waals surface area contributed by atoms with Gasteiger partial charge in [0.15, 0.2) is 5.84 Å². The van der Waals surface area contributed by atoms with Crippen molar-refractivity contribution in [1.82, 2.24) is 5.32 Å². The molecule has 1 saturated carbocycles. The van der Waals surface area contributed by atoms with Crippen LogP contribution < -0.4 is 11.1 Å². The summed E-state index contributed by atoms with van der Waals surface area (Å²) in [6, 6.07) is 0.458. The van der Waals surface area contributed by atoms with Crippen molar-refractivity contribution < 1.29 is 5.21 Å². The van der Waals surface area contributed by atoms with Crippen LogP contribution in [0.5, 0.6) is 0 Å². The van der Waals surface area contributed by atoms with Crippen LogP contribution in [-0.4, -0.2) is 23.1 Å². The third kappa shape index (κ3) is 2.87. The number of nitrogens with one attached hydrogen (secondary N) is 1. The van der Waals surface area contributed by atoms with Crippen molar-refractivity contribution >= 4 is 5.84 Å². The summed E-state index contributed by atoms with van der Waals surface area (Å²) >= 11 is 0. The first kappa shape index (κ1) is 11.3. The first-order valence-electron chi connectivity index (χ1n) is 5.18. The van der Waals surface area contributed by atoms with Crippen LogP contribution in [-0.2, 0) is 0 Å². The van der Waals surface area contributed by atoms with E-state index in [4.69, 9.17) is 10.9 Å². The molecular formula is C10H21N3O. The summed E-state index contributed by atoms with van der Waals surface area (Å²) in [5, 5.41) is 14.9. The predicted octanol–water partition coefficient (Wildman–Crippen LogP) is 1.29. The number of hydrogen-bond donors (Lipinski definition) is 3. The first-order valence-corrected chi connectivity index (χ1v) is 5.18. The average Bonchev–Trinajstić information content (AvgIpc) is 2.44. The molecule has 0 bridgehead atoms. The molecule has 1 aliphatic rings. The van der Waals surface area contributed by atoms with Crippen LogP contribution in [0, 0.1) is 5.41 Å². The smallest absolute Gasteiger partial charge is 0.156 e. The highest BCUT2D eigenvalue weighted by Crippen LogP contribution is 2.36. The van der Waals surface area contributed by atoms with Crippen molar-refractivity contribution in [2.45, 2.75) is 52.1 Å². The maximum absolute atomic E-state index is 8.50. The number of oxime groups is 1. The van der Waals surface area contributed by atoms with E-state index in [2.05, 4.69) is 24.3 Å². The molecule has 82 valence electrons. The molecule has 4 nitrogen and oxygen atoms in total. The summed E-state index contributed by atoms with van der Waals surface area (Å²) in [5.41, 5.74) is 5.93. The largest absolute Gasteiger partial charge is 0.409 e. The van der Waals surface area contributed by atoms with Crippen LogP contribution in [0.3, 0.4) is 0 Å². The molecule has 0 aliphatic heterocycles. The van der Waals surface area contributed by atoms with Gasteiger partial charge in [0.05, 0.1) is 6.04 Å². The standard InChI is InChI=1S/C10H21N3O/c1-7(9(11)13-14)12-8-4-5-10(2,3)6-8/h7-8,12,14H,4-6H2,1-3H3,(H2,11,13). The SMILES string of the molecule is CC(NC1CCC(C)(C)C1)C(N)=NO. The van der Waals surface area contributed by atoms with Gasteiger partial charge in [-0.2, -0.15) is 0 Å². The summed E-state index contributed by atoms with van der Waals surface area (Å²) in [7, 11) is 0. The van der Waals surface area contributed by atoms with E-state index < -0.39 is 0 Å². The van der Waals surface area contributed by atoms with E-state index in [1.807, 2.05) is 6.92 Å². The molecule has 0 amide bonds. The lowest BCUT2D eigenvalue weighted by molar-refractivity contribution is 0.313. The van der Waals surface area contributed by atoms with Crippen LogP contribution in [0.2, 0.25) is 0 Å². The van der Waals surface area contributed by atoms with Crippen molar-refractivity contribution in [3.63, 3.8) is 0 Å². The Morgan fingerprint density at radius 1 is 1.64 bits per heavy atom. The molecule has 4 N–H and O–H groups in total. The highest BCUT2D eigenvalue weighted by atomic mass is 16.4. The minimum Gasteiger partial charge on any atom is -0.409 e. The quantitative estimate of drug-likeness (QED) is 0.277. The van der Waals surface area contributed by atoms with Crippen LogP contribution >= 0.6 is 0 Å². The summed E-state index contributed by atoms with van der Waals surface area (Å²) in [6.45, 7) is 6.48. The van der Waals surface area contributed by atoms with Crippen molar-refractivity contribution in [2.24, 2.45) is 16.3 Å². The van der Waals surface area contributed by atoms with Gasteiger partial charge in [-0.1, -0.05) is 19.0 Å². The molecule has 1 rings (SSSR count). The van der Waals surface area contributed by atoms with Gasteiger partial charge in [0.2, 0.25) is 0 Å². The molecule has 14 heavy (non-hydrogen) atoms. The van der Waals surface area contributed by atoms with E-state index in [1.54, 1.807) is 0 Å². The Labute approximate surface area is 85.6 Å². The highest BCUT2D eigenvalue weighted by Gasteiger charge is 2.31. The third-order valence-electron chi connectivity index (χ3n) is 3.01. The van der Waals surface area contributed by atoms with Gasteiger partial charge in [0.25, 0.3) is 0 Å². The average molecular weight is 199 g/mol. The molecule has 0 aromatic rings. The molecule has 2 unspecified atom stereocenters. The van der Waals surface area contributed by atoms with Crippen molar-refractivity contribution in [3.05, 3.63) is 0 Å². The zero-order chi connectivity index (χ0) is 10.8. The van der Waals surface area contributed by atoms with Crippen LogP contribution in [0.15, 0.2) is 5.16 Å². The number of nitrogens with zero attached hydrogens (tertiary/aromatic N) is 1. The van der Waals surface area contributed by atoms with Gasteiger partial charge in [-0.15, -0.1) is 0 Å². The molecule has 0 aromatic heterocycles. The Morgan fingerprint density at radius 3 is 2.71 bits per heavy atom. The molecule has 0 radical (unpaired) electrons. The van der Waals surface area contributed by atoms with E-state index >= 15 is 0 Å². The fraction of sp³-hybridized carbons (Fsp3) is 0.900. The maximum Gasteiger partial charge on any atom is 0.156 e. The molecule has 1 aliphatic carbocycles. The van der Waals surface area contributed by atoms with Crippen molar-refractivity contribution in [3.8, 4) is 0 Å². The van der Waals surface area contributed by atoms with Crippen molar-refractivity contribution in [1.29, 1.82) is 0 Å². The van der Waals surface area contributed by atoms with E-state index in [0.29, 0.717) is 11.5 Å². The fourth-order valence-corrected chi connectivity index (χ4v) is 2.10. The molecular weight excluding hydrogens is 178 g/mol. The molecule has 0 spiro atoms. The summed E-state index contributed by atoms with van der Waals surface area (Å²) in [5.74, 6) is 0.259. The minimum absolute atomic E-state index is 0.0427. The van der Waals surface area contributed by atoms with Crippen molar-refractivity contribution in [2.75, 3.05) is 0 Å². The zero-order valence-corrected chi connectivity index (χ0v) is 9.25. The minimum atomic E-state index is -0.0427. The first-order chi connectivity index (χ1) is 6.44. The second-order valence-electron chi connectivity index (χ2n) is 5.02. The normalized spacial score (nSPS) is 29.1. The summed E-state index contributed by atoms with van der Waals surface area (Å²) in [4.78, 5) is 0. The molecule has 2 atom stereocenters. The Bertz CT molecular complexity index is 225. The van der Waals surface area contributed by atoms with E-state index in [1.165, 1.54) is 12.8 Å². The van der Waals surface area contributed by atoms with Gasteiger partial charge >= 0.3 is 0 Å².